The van der Waals surface area contributed by atoms with Gasteiger partial charge in [0.05, 0.1) is 19.3 Å². The maximum atomic E-state index is 12.1. The summed E-state index contributed by atoms with van der Waals surface area (Å²) < 4.78 is 15.4. The van der Waals surface area contributed by atoms with Crippen LogP contribution in [0.1, 0.15) is 22.0 Å². The molecule has 1 aromatic rings. The molecule has 0 aromatic heterocycles. The molecule has 0 amide bonds. The van der Waals surface area contributed by atoms with Gasteiger partial charge in [0.2, 0.25) is 5.75 Å². The van der Waals surface area contributed by atoms with Gasteiger partial charge in [0, 0.05) is 5.56 Å². The van der Waals surface area contributed by atoms with Crippen LogP contribution in [-0.4, -0.2) is 69.6 Å². The second kappa shape index (κ2) is 5.53. The fraction of sp³-hybridized carbons (Fsp3) is 0.500. The van der Waals surface area contributed by atoms with Gasteiger partial charge >= 0.3 is 5.97 Å². The van der Waals surface area contributed by atoms with Crippen molar-refractivity contribution in [2.75, 3.05) is 13.7 Å². The zero-order chi connectivity index (χ0) is 16.9. The number of aromatic hydroxyl groups is 2. The summed E-state index contributed by atoms with van der Waals surface area (Å²) in [6.45, 7) is -0.583. The minimum Gasteiger partial charge on any atom is -0.504 e. The Labute approximate surface area is 130 Å². The van der Waals surface area contributed by atoms with Gasteiger partial charge in [-0.25, -0.2) is 4.79 Å². The monoisotopic (exact) mass is 328 g/mol. The van der Waals surface area contributed by atoms with Crippen molar-refractivity contribution in [1.82, 2.24) is 0 Å². The highest BCUT2D eigenvalue weighted by Crippen LogP contribution is 2.49. The number of fused-ring (bicyclic) bond motifs is 3. The molecule has 0 aliphatic carbocycles. The summed E-state index contributed by atoms with van der Waals surface area (Å²) in [7, 11) is 1.22. The maximum Gasteiger partial charge on any atom is 0.339 e. The van der Waals surface area contributed by atoms with Crippen molar-refractivity contribution in [2.24, 2.45) is 0 Å². The van der Waals surface area contributed by atoms with E-state index in [1.165, 1.54) is 7.11 Å². The Balaban J connectivity index is 2.16. The van der Waals surface area contributed by atoms with Crippen LogP contribution < -0.4 is 4.74 Å². The molecular weight excluding hydrogens is 312 g/mol. The van der Waals surface area contributed by atoms with Crippen LogP contribution >= 0.6 is 0 Å². The predicted octanol–water partition coefficient (Wildman–Crippen LogP) is -1.20. The third kappa shape index (κ3) is 2.20. The lowest BCUT2D eigenvalue weighted by Crippen LogP contribution is -2.58. The highest BCUT2D eigenvalue weighted by Gasteiger charge is 2.52. The average Bonchev–Trinajstić information content (AvgIpc) is 2.52. The predicted molar refractivity (Wildman–Crippen MR) is 72.2 cm³/mol. The number of methoxy groups -OCH3 is 1. The fourth-order valence-electron chi connectivity index (χ4n) is 2.95. The van der Waals surface area contributed by atoms with E-state index in [0.717, 1.165) is 6.07 Å². The molecule has 3 rings (SSSR count). The zero-order valence-electron chi connectivity index (χ0n) is 12.0. The summed E-state index contributed by atoms with van der Waals surface area (Å²) in [5, 5.41) is 49.3. The van der Waals surface area contributed by atoms with Crippen molar-refractivity contribution in [3.05, 3.63) is 17.2 Å². The molecule has 0 spiro atoms. The molecule has 126 valence electrons. The van der Waals surface area contributed by atoms with E-state index in [0.29, 0.717) is 0 Å². The number of aliphatic hydroxyl groups is 3. The van der Waals surface area contributed by atoms with Crippen molar-refractivity contribution in [3.8, 4) is 17.2 Å². The second-order valence-electron chi connectivity index (χ2n) is 5.37. The van der Waals surface area contributed by atoms with Gasteiger partial charge in [0.1, 0.15) is 24.4 Å². The number of hydrogen-bond donors (Lipinski definition) is 5. The summed E-state index contributed by atoms with van der Waals surface area (Å²) in [5.74, 6) is -2.16. The molecule has 23 heavy (non-hydrogen) atoms. The Morgan fingerprint density at radius 3 is 2.57 bits per heavy atom. The van der Waals surface area contributed by atoms with E-state index in [9.17, 15) is 30.3 Å². The quantitative estimate of drug-likeness (QED) is 0.422. The standard InChI is InChI=1S/C14H16O9/c1-21-11-5(16)2-4-7(9(11)18)12-13(23-14(4)20)10(19)8(17)6(3-15)22-12/h2,6,8,10,12-13,15-19H,3H2,1H3/t6-,8+,10+,12+,13-/m1/s1. The third-order valence-electron chi connectivity index (χ3n) is 4.09. The Morgan fingerprint density at radius 1 is 1.26 bits per heavy atom. The Kier molecular flexibility index (Phi) is 3.80. The van der Waals surface area contributed by atoms with Gasteiger partial charge in [0.15, 0.2) is 17.6 Å². The number of benzene rings is 1. The molecule has 1 fully saturated rings. The minimum atomic E-state index is -1.51. The first-order chi connectivity index (χ1) is 10.9. The van der Waals surface area contributed by atoms with Crippen LogP contribution in [0.15, 0.2) is 6.07 Å². The van der Waals surface area contributed by atoms with Crippen LogP contribution in [0.25, 0.3) is 0 Å². The van der Waals surface area contributed by atoms with Crippen molar-refractivity contribution in [2.45, 2.75) is 30.5 Å². The van der Waals surface area contributed by atoms with Crippen LogP contribution in [0.3, 0.4) is 0 Å². The summed E-state index contributed by atoms with van der Waals surface area (Å²) in [4.78, 5) is 12.1. The molecule has 0 saturated carbocycles. The highest BCUT2D eigenvalue weighted by molar-refractivity contribution is 5.95. The Hall–Kier alpha value is -2.07. The summed E-state index contributed by atoms with van der Waals surface area (Å²) >= 11 is 0. The number of phenols is 2. The number of hydrogen-bond acceptors (Lipinski definition) is 9. The number of carbonyl (C=O) groups excluding carboxylic acids is 1. The number of rotatable bonds is 2. The van der Waals surface area contributed by atoms with Gasteiger partial charge in [0.25, 0.3) is 0 Å². The molecule has 9 nitrogen and oxygen atoms in total. The molecule has 1 aromatic carbocycles. The fourth-order valence-corrected chi connectivity index (χ4v) is 2.95. The summed E-state index contributed by atoms with van der Waals surface area (Å²) in [6, 6.07) is 1.06. The number of aliphatic hydroxyl groups excluding tert-OH is 3. The number of carbonyl (C=O) groups is 1. The van der Waals surface area contributed by atoms with Crippen molar-refractivity contribution in [1.29, 1.82) is 0 Å². The van der Waals surface area contributed by atoms with E-state index in [2.05, 4.69) is 0 Å². The second-order valence-corrected chi connectivity index (χ2v) is 5.37. The topological polar surface area (TPSA) is 146 Å². The van der Waals surface area contributed by atoms with Crippen LogP contribution in [0, 0.1) is 0 Å². The molecule has 0 radical (unpaired) electrons. The van der Waals surface area contributed by atoms with E-state index >= 15 is 0 Å². The first-order valence-corrected chi connectivity index (χ1v) is 6.87. The molecule has 2 heterocycles. The smallest absolute Gasteiger partial charge is 0.339 e. The molecule has 9 heteroatoms. The molecule has 2 aliphatic heterocycles. The molecule has 1 saturated heterocycles. The van der Waals surface area contributed by atoms with Crippen LogP contribution in [0.5, 0.6) is 17.2 Å². The largest absolute Gasteiger partial charge is 0.504 e. The Bertz CT molecular complexity index is 644. The van der Waals surface area contributed by atoms with E-state index in [-0.39, 0.29) is 16.9 Å². The van der Waals surface area contributed by atoms with E-state index in [1.54, 1.807) is 0 Å². The minimum absolute atomic E-state index is 0.0368. The lowest BCUT2D eigenvalue weighted by atomic mass is 9.86. The van der Waals surface area contributed by atoms with Crippen LogP contribution in [0.4, 0.5) is 0 Å². The molecule has 5 N–H and O–H groups in total. The maximum absolute atomic E-state index is 12.1. The first-order valence-electron chi connectivity index (χ1n) is 6.87. The van der Waals surface area contributed by atoms with Gasteiger partial charge in [-0.05, 0) is 6.07 Å². The van der Waals surface area contributed by atoms with Gasteiger partial charge in [-0.3, -0.25) is 0 Å². The number of ether oxygens (including phenoxy) is 3. The van der Waals surface area contributed by atoms with Crippen LogP contribution in [-0.2, 0) is 9.47 Å². The third-order valence-corrected chi connectivity index (χ3v) is 4.09. The first kappa shape index (κ1) is 15.8. The van der Waals surface area contributed by atoms with Crippen molar-refractivity contribution >= 4 is 5.97 Å². The zero-order valence-corrected chi connectivity index (χ0v) is 12.0. The summed E-state index contributed by atoms with van der Waals surface area (Å²) in [6.07, 6.45) is -6.50. The van der Waals surface area contributed by atoms with Crippen molar-refractivity contribution < 1.29 is 44.5 Å². The van der Waals surface area contributed by atoms with E-state index in [4.69, 9.17) is 14.2 Å². The normalized spacial score (nSPS) is 32.7. The van der Waals surface area contributed by atoms with Crippen molar-refractivity contribution in [3.63, 3.8) is 0 Å². The van der Waals surface area contributed by atoms with Gasteiger partial charge in [-0.15, -0.1) is 0 Å². The SMILES string of the molecule is COc1c(O)cc2c(c1O)[C@@H]1O[C@H](CO)[C@H](O)[C@H](O)[C@H]1OC2=O. The highest BCUT2D eigenvalue weighted by atomic mass is 16.6. The number of phenolic OH excluding ortho intramolecular Hbond substituents is 2. The average molecular weight is 328 g/mol. The Morgan fingerprint density at radius 2 is 1.96 bits per heavy atom. The molecule has 2 aliphatic rings. The van der Waals surface area contributed by atoms with Gasteiger partial charge < -0.3 is 39.7 Å². The summed E-state index contributed by atoms with van der Waals surface area (Å²) in [5.41, 5.74) is -0.187. The van der Waals surface area contributed by atoms with Crippen LogP contribution in [0.2, 0.25) is 0 Å². The molecule has 0 unspecified atom stereocenters. The van der Waals surface area contributed by atoms with Gasteiger partial charge in [-0.1, -0.05) is 0 Å². The number of esters is 1. The van der Waals surface area contributed by atoms with Gasteiger partial charge in [-0.2, -0.15) is 0 Å². The lowest BCUT2D eigenvalue weighted by Gasteiger charge is -2.44. The van der Waals surface area contributed by atoms with E-state index < -0.39 is 54.6 Å². The lowest BCUT2D eigenvalue weighted by molar-refractivity contribution is -0.235. The molecular formula is C14H16O9. The van der Waals surface area contributed by atoms with E-state index in [1.807, 2.05) is 0 Å². The molecule has 5 atom stereocenters. The molecule has 0 bridgehead atoms.